The van der Waals surface area contributed by atoms with Gasteiger partial charge in [-0.15, -0.1) is 0 Å². The molecule has 6 heteroatoms. The highest BCUT2D eigenvalue weighted by atomic mass is 19.1. The van der Waals surface area contributed by atoms with Crippen LogP contribution in [0.3, 0.4) is 0 Å². The van der Waals surface area contributed by atoms with Crippen molar-refractivity contribution in [3.8, 4) is 0 Å². The number of allylic oxidation sites excluding steroid dienone is 4. The standard InChI is InChI=1S/C24H33FO5/c1-15-10-18-17-8-7-16-6-4-5-9-20(16,2)23(17,25)19(26)11-21(18,3)24(15)22(29-14-30-24)12-27-13-28-22/h4-6,15,17-19,26H,7-14H2,1-3H3/t15-,17+,18+,19+,20+,21+,22?,23+,24-/m1/s1. The van der Waals surface area contributed by atoms with Crippen LogP contribution in [0.5, 0.6) is 0 Å². The Labute approximate surface area is 177 Å². The first-order valence-corrected chi connectivity index (χ1v) is 11.5. The fourth-order valence-corrected chi connectivity index (χ4v) is 8.92. The molecule has 6 aliphatic rings. The quantitative estimate of drug-likeness (QED) is 0.645. The minimum atomic E-state index is -1.64. The van der Waals surface area contributed by atoms with E-state index < -0.39 is 34.0 Å². The molecule has 0 aromatic rings. The number of halogens is 1. The number of hydrogen-bond acceptors (Lipinski definition) is 5. The van der Waals surface area contributed by atoms with E-state index in [2.05, 4.69) is 26.0 Å². The second-order valence-corrected chi connectivity index (χ2v) is 11.0. The number of aliphatic hydroxyl groups excluding tert-OH is 1. The maximum atomic E-state index is 17.3. The fourth-order valence-electron chi connectivity index (χ4n) is 8.92. The van der Waals surface area contributed by atoms with Crippen molar-refractivity contribution in [2.45, 2.75) is 76.0 Å². The molecule has 1 unspecified atom stereocenters. The van der Waals surface area contributed by atoms with Gasteiger partial charge in [-0.05, 0) is 43.9 Å². The Morgan fingerprint density at radius 2 is 1.93 bits per heavy atom. The molecule has 166 valence electrons. The fraction of sp³-hybridized carbons (Fsp3) is 0.833. The van der Waals surface area contributed by atoms with Crippen LogP contribution in [0.1, 0.15) is 52.9 Å². The summed E-state index contributed by atoms with van der Waals surface area (Å²) in [6.07, 6.45) is 8.60. The van der Waals surface area contributed by atoms with Crippen LogP contribution >= 0.6 is 0 Å². The number of hydrogen-bond donors (Lipinski definition) is 1. The average Bonchev–Trinajstić information content (AvgIpc) is 3.39. The zero-order valence-electron chi connectivity index (χ0n) is 18.2. The Kier molecular flexibility index (Phi) is 3.94. The molecule has 2 aliphatic heterocycles. The van der Waals surface area contributed by atoms with Gasteiger partial charge in [-0.25, -0.2) is 4.39 Å². The van der Waals surface area contributed by atoms with Crippen molar-refractivity contribution in [1.82, 2.24) is 0 Å². The van der Waals surface area contributed by atoms with Gasteiger partial charge in [0.1, 0.15) is 17.9 Å². The third-order valence-corrected chi connectivity index (χ3v) is 10.1. The average molecular weight is 421 g/mol. The molecule has 2 spiro atoms. The number of rotatable bonds is 0. The highest BCUT2D eigenvalue weighted by Crippen LogP contribution is 2.74. The van der Waals surface area contributed by atoms with E-state index in [-0.39, 0.29) is 31.3 Å². The van der Waals surface area contributed by atoms with Crippen LogP contribution in [0.4, 0.5) is 4.39 Å². The summed E-state index contributed by atoms with van der Waals surface area (Å²) in [5.41, 5.74) is -2.35. The molecular formula is C24H33FO5. The van der Waals surface area contributed by atoms with Crippen LogP contribution in [0, 0.1) is 28.6 Å². The molecule has 2 saturated heterocycles. The Morgan fingerprint density at radius 3 is 2.70 bits per heavy atom. The SMILES string of the molecule is C[C@@H]1C[C@H]2[C@@H]3CCC4=CC=CC[C@]4(C)[C@@]3(F)[C@@H](O)C[C@]2(C)[C@]12OCOC21COCO1. The third kappa shape index (κ3) is 1.90. The van der Waals surface area contributed by atoms with Crippen molar-refractivity contribution < 1.29 is 28.4 Å². The Bertz CT molecular complexity index is 815. The summed E-state index contributed by atoms with van der Waals surface area (Å²) in [6, 6.07) is 0. The minimum Gasteiger partial charge on any atom is -0.390 e. The lowest BCUT2D eigenvalue weighted by atomic mass is 9.44. The lowest BCUT2D eigenvalue weighted by Crippen LogP contribution is -2.71. The molecule has 4 aliphatic carbocycles. The zero-order valence-corrected chi connectivity index (χ0v) is 18.2. The van der Waals surface area contributed by atoms with Crippen molar-refractivity contribution in [1.29, 1.82) is 0 Å². The van der Waals surface area contributed by atoms with Crippen LogP contribution < -0.4 is 0 Å². The maximum Gasteiger partial charge on any atom is 0.227 e. The van der Waals surface area contributed by atoms with E-state index in [0.717, 1.165) is 24.8 Å². The molecule has 3 saturated carbocycles. The monoisotopic (exact) mass is 420 g/mol. The summed E-state index contributed by atoms with van der Waals surface area (Å²) in [4.78, 5) is 0. The lowest BCUT2D eigenvalue weighted by Gasteiger charge is -2.64. The summed E-state index contributed by atoms with van der Waals surface area (Å²) < 4.78 is 41.4. The first-order chi connectivity index (χ1) is 14.3. The summed E-state index contributed by atoms with van der Waals surface area (Å²) in [7, 11) is 0. The molecule has 0 radical (unpaired) electrons. The second-order valence-electron chi connectivity index (χ2n) is 11.0. The molecule has 9 atom stereocenters. The molecule has 0 aromatic carbocycles. The van der Waals surface area contributed by atoms with Crippen LogP contribution in [0.15, 0.2) is 23.8 Å². The van der Waals surface area contributed by atoms with Gasteiger partial charge in [0.15, 0.2) is 13.6 Å². The minimum absolute atomic E-state index is 0.0907. The van der Waals surface area contributed by atoms with E-state index in [1.807, 2.05) is 13.0 Å². The summed E-state index contributed by atoms with van der Waals surface area (Å²) >= 11 is 0. The molecule has 5 nitrogen and oxygen atoms in total. The van der Waals surface area contributed by atoms with Crippen molar-refractivity contribution >= 4 is 0 Å². The molecule has 1 N–H and O–H groups in total. The molecule has 2 heterocycles. The molecule has 0 amide bonds. The van der Waals surface area contributed by atoms with E-state index in [4.69, 9.17) is 18.9 Å². The molecule has 0 aromatic heterocycles. The van der Waals surface area contributed by atoms with Crippen molar-refractivity contribution in [2.24, 2.45) is 28.6 Å². The predicted molar refractivity (Wildman–Crippen MR) is 107 cm³/mol. The van der Waals surface area contributed by atoms with Gasteiger partial charge in [0.25, 0.3) is 0 Å². The van der Waals surface area contributed by atoms with E-state index in [1.165, 1.54) is 0 Å². The first kappa shape index (κ1) is 19.9. The number of fused-ring (bicyclic) bond motifs is 7. The van der Waals surface area contributed by atoms with E-state index in [1.54, 1.807) is 0 Å². The molecule has 5 fully saturated rings. The largest absolute Gasteiger partial charge is 0.390 e. The van der Waals surface area contributed by atoms with Gasteiger partial charge in [-0.3, -0.25) is 0 Å². The van der Waals surface area contributed by atoms with Crippen LogP contribution in [-0.2, 0) is 18.9 Å². The van der Waals surface area contributed by atoms with Crippen LogP contribution in [0.2, 0.25) is 0 Å². The Balaban J connectivity index is 1.48. The smallest absolute Gasteiger partial charge is 0.227 e. The zero-order chi connectivity index (χ0) is 21.0. The second kappa shape index (κ2) is 5.96. The van der Waals surface area contributed by atoms with Crippen molar-refractivity contribution in [3.63, 3.8) is 0 Å². The molecule has 0 bridgehead atoms. The van der Waals surface area contributed by atoms with Gasteiger partial charge in [0.05, 0.1) is 6.10 Å². The van der Waals surface area contributed by atoms with Gasteiger partial charge < -0.3 is 24.1 Å². The lowest BCUT2D eigenvalue weighted by molar-refractivity contribution is -0.279. The molecule has 6 rings (SSSR count). The van der Waals surface area contributed by atoms with Gasteiger partial charge >= 0.3 is 0 Å². The predicted octanol–water partition coefficient (Wildman–Crippen LogP) is 3.87. The summed E-state index contributed by atoms with van der Waals surface area (Å²) in [5, 5.41) is 11.5. The first-order valence-electron chi connectivity index (χ1n) is 11.5. The van der Waals surface area contributed by atoms with Gasteiger partial charge in [0, 0.05) is 16.7 Å². The van der Waals surface area contributed by atoms with Crippen LogP contribution in [-0.4, -0.2) is 48.5 Å². The van der Waals surface area contributed by atoms with E-state index >= 15 is 4.39 Å². The topological polar surface area (TPSA) is 57.2 Å². The number of aliphatic hydroxyl groups is 1. The number of ether oxygens (including phenoxy) is 4. The highest BCUT2D eigenvalue weighted by molar-refractivity contribution is 5.37. The molecular weight excluding hydrogens is 387 g/mol. The highest BCUT2D eigenvalue weighted by Gasteiger charge is 2.81. The van der Waals surface area contributed by atoms with Gasteiger partial charge in [-0.2, -0.15) is 0 Å². The van der Waals surface area contributed by atoms with E-state index in [0.29, 0.717) is 19.4 Å². The summed E-state index contributed by atoms with van der Waals surface area (Å²) in [6.45, 7) is 7.02. The normalized spacial score (nSPS) is 59.3. The Morgan fingerprint density at radius 1 is 1.13 bits per heavy atom. The van der Waals surface area contributed by atoms with Crippen LogP contribution in [0.25, 0.3) is 0 Å². The van der Waals surface area contributed by atoms with Gasteiger partial charge in [-0.1, -0.05) is 44.6 Å². The number of alkyl halides is 1. The third-order valence-electron chi connectivity index (χ3n) is 10.1. The van der Waals surface area contributed by atoms with E-state index in [9.17, 15) is 5.11 Å². The van der Waals surface area contributed by atoms with Gasteiger partial charge in [0.2, 0.25) is 5.79 Å². The van der Waals surface area contributed by atoms with Crippen molar-refractivity contribution in [2.75, 3.05) is 20.2 Å². The maximum absolute atomic E-state index is 17.3. The van der Waals surface area contributed by atoms with Crippen molar-refractivity contribution in [3.05, 3.63) is 23.8 Å². The Hall–Kier alpha value is -0.790. The summed E-state index contributed by atoms with van der Waals surface area (Å²) in [5.74, 6) is -0.983. The molecule has 30 heavy (non-hydrogen) atoms.